The lowest BCUT2D eigenvalue weighted by Gasteiger charge is -2.39. The molecule has 1 aliphatic carbocycles. The van der Waals surface area contributed by atoms with Gasteiger partial charge >= 0.3 is 0 Å². The van der Waals surface area contributed by atoms with Crippen molar-refractivity contribution in [3.8, 4) is 0 Å². The average Bonchev–Trinajstić information content (AvgIpc) is 3.11. The fraction of sp³-hybridized carbons (Fsp3) is 0.542. The van der Waals surface area contributed by atoms with Gasteiger partial charge in [-0.15, -0.1) is 0 Å². The first-order valence-electron chi connectivity index (χ1n) is 10.8. The third-order valence-corrected chi connectivity index (χ3v) is 6.73. The van der Waals surface area contributed by atoms with Gasteiger partial charge in [-0.25, -0.2) is 5.84 Å². The molecule has 3 atom stereocenters. The number of allylic oxidation sites excluding steroid dienone is 2. The van der Waals surface area contributed by atoms with Crippen molar-refractivity contribution in [2.75, 3.05) is 11.6 Å². The maximum absolute atomic E-state index is 6.70. The lowest BCUT2D eigenvalue weighted by atomic mass is 9.82. The van der Waals surface area contributed by atoms with Crippen LogP contribution in [-0.4, -0.2) is 29.4 Å². The molecule has 1 aromatic carbocycles. The fourth-order valence-corrected chi connectivity index (χ4v) is 4.98. The fourth-order valence-electron chi connectivity index (χ4n) is 4.98. The monoisotopic (exact) mass is 395 g/mol. The van der Waals surface area contributed by atoms with Gasteiger partial charge in [0.15, 0.2) is 5.84 Å². The second-order valence-corrected chi connectivity index (χ2v) is 8.83. The first kappa shape index (κ1) is 21.6. The van der Waals surface area contributed by atoms with Crippen molar-refractivity contribution < 1.29 is 0 Å². The second kappa shape index (κ2) is 9.14. The van der Waals surface area contributed by atoms with Crippen LogP contribution in [0.2, 0.25) is 0 Å². The Morgan fingerprint density at radius 1 is 1.28 bits per heavy atom. The largest absolute Gasteiger partial charge is 0.321 e. The Bertz CT molecular complexity index is 789. The predicted molar refractivity (Wildman–Crippen MR) is 124 cm³/mol. The van der Waals surface area contributed by atoms with Crippen molar-refractivity contribution in [3.05, 3.63) is 53.1 Å². The van der Waals surface area contributed by atoms with Crippen LogP contribution in [0.15, 0.2) is 47.1 Å². The molecule has 1 aromatic rings. The number of hydrazone groups is 1. The molecule has 0 aromatic heterocycles. The molecular weight excluding hydrogens is 358 g/mol. The smallest absolute Gasteiger partial charge is 0.164 e. The van der Waals surface area contributed by atoms with Gasteiger partial charge in [-0.1, -0.05) is 36.4 Å². The SMILES string of the molecule is C=C(C)C1CC=C(C(C(=NN)N(N)c2c(C)cccc2C)N2CCCC2C)CC1. The number of aryl methyl sites for hydroxylation is 2. The number of amidine groups is 1. The summed E-state index contributed by atoms with van der Waals surface area (Å²) in [6, 6.07) is 6.74. The van der Waals surface area contributed by atoms with Crippen LogP contribution in [0.1, 0.15) is 57.1 Å². The first-order chi connectivity index (χ1) is 13.8. The van der Waals surface area contributed by atoms with Crippen LogP contribution in [0.25, 0.3) is 0 Å². The van der Waals surface area contributed by atoms with Crippen LogP contribution in [-0.2, 0) is 0 Å². The summed E-state index contributed by atoms with van der Waals surface area (Å²) >= 11 is 0. The number of para-hydroxylation sites is 1. The van der Waals surface area contributed by atoms with E-state index in [-0.39, 0.29) is 6.04 Å². The quantitative estimate of drug-likeness (QED) is 0.255. The van der Waals surface area contributed by atoms with Gasteiger partial charge in [0.25, 0.3) is 0 Å². The van der Waals surface area contributed by atoms with Crippen molar-refractivity contribution in [1.29, 1.82) is 0 Å². The number of likely N-dealkylation sites (tertiary alicyclic amines) is 1. The van der Waals surface area contributed by atoms with Crippen LogP contribution in [0.4, 0.5) is 5.69 Å². The molecular formula is C24H37N5. The van der Waals surface area contributed by atoms with Gasteiger partial charge in [-0.2, -0.15) is 5.10 Å². The molecule has 2 aliphatic rings. The van der Waals surface area contributed by atoms with E-state index in [4.69, 9.17) is 11.7 Å². The maximum Gasteiger partial charge on any atom is 0.164 e. The van der Waals surface area contributed by atoms with Crippen molar-refractivity contribution in [3.63, 3.8) is 0 Å². The number of anilines is 1. The van der Waals surface area contributed by atoms with Crippen LogP contribution in [0.5, 0.6) is 0 Å². The zero-order valence-corrected chi connectivity index (χ0v) is 18.5. The van der Waals surface area contributed by atoms with E-state index >= 15 is 0 Å². The topological polar surface area (TPSA) is 70.9 Å². The Morgan fingerprint density at radius 3 is 2.45 bits per heavy atom. The van der Waals surface area contributed by atoms with Crippen molar-refractivity contribution in [2.45, 2.75) is 71.9 Å². The molecule has 1 fully saturated rings. The summed E-state index contributed by atoms with van der Waals surface area (Å²) in [5, 5.41) is 6.00. The minimum absolute atomic E-state index is 0.0209. The summed E-state index contributed by atoms with van der Waals surface area (Å²) in [5.41, 5.74) is 5.91. The summed E-state index contributed by atoms with van der Waals surface area (Å²) < 4.78 is 0. The van der Waals surface area contributed by atoms with E-state index in [2.05, 4.69) is 68.6 Å². The number of benzene rings is 1. The van der Waals surface area contributed by atoms with Crippen molar-refractivity contribution in [2.24, 2.45) is 22.7 Å². The standard InChI is InChI=1S/C24H37N5/c1-16(2)20-11-13-21(14-12-20)23(28-15-7-10-19(28)5)24(27-25)29(26)22-17(3)8-6-9-18(22)4/h6,8-9,13,19-20,23H,1,7,10-12,14-15,25-26H2,2-5H3. The maximum atomic E-state index is 6.70. The highest BCUT2D eigenvalue weighted by atomic mass is 15.5. The Labute approximate surface area is 176 Å². The van der Waals surface area contributed by atoms with Crippen LogP contribution >= 0.6 is 0 Å². The number of rotatable bonds is 5. The van der Waals surface area contributed by atoms with E-state index in [0.29, 0.717) is 12.0 Å². The molecule has 3 rings (SSSR count). The Balaban J connectivity index is 1.99. The van der Waals surface area contributed by atoms with E-state index < -0.39 is 0 Å². The predicted octanol–water partition coefficient (Wildman–Crippen LogP) is 4.41. The summed E-state index contributed by atoms with van der Waals surface area (Å²) in [4.78, 5) is 2.53. The highest BCUT2D eigenvalue weighted by molar-refractivity contribution is 6.03. The first-order valence-corrected chi connectivity index (χ1v) is 10.8. The Hall–Kier alpha value is -2.11. The van der Waals surface area contributed by atoms with E-state index in [1.807, 2.05) is 0 Å². The molecule has 158 valence electrons. The van der Waals surface area contributed by atoms with E-state index in [9.17, 15) is 0 Å². The average molecular weight is 396 g/mol. The van der Waals surface area contributed by atoms with Crippen molar-refractivity contribution >= 4 is 11.5 Å². The summed E-state index contributed by atoms with van der Waals surface area (Å²) in [6.45, 7) is 13.8. The van der Waals surface area contributed by atoms with Gasteiger partial charge in [-0.05, 0) is 89.0 Å². The molecule has 5 heteroatoms. The van der Waals surface area contributed by atoms with Gasteiger partial charge in [0.2, 0.25) is 0 Å². The van der Waals surface area contributed by atoms with Gasteiger partial charge in [-0.3, -0.25) is 9.91 Å². The lowest BCUT2D eigenvalue weighted by Crippen LogP contribution is -2.54. The van der Waals surface area contributed by atoms with E-state index in [0.717, 1.165) is 48.5 Å². The Morgan fingerprint density at radius 2 is 1.97 bits per heavy atom. The number of nitrogens with two attached hydrogens (primary N) is 2. The third kappa shape index (κ3) is 4.41. The van der Waals surface area contributed by atoms with E-state index in [1.54, 1.807) is 5.01 Å². The summed E-state index contributed by atoms with van der Waals surface area (Å²) in [5.74, 6) is 14.0. The molecule has 4 N–H and O–H groups in total. The highest BCUT2D eigenvalue weighted by Crippen LogP contribution is 2.35. The molecule has 0 bridgehead atoms. The third-order valence-electron chi connectivity index (χ3n) is 6.73. The van der Waals surface area contributed by atoms with Gasteiger partial charge in [0.1, 0.15) is 0 Å². The second-order valence-electron chi connectivity index (χ2n) is 8.83. The molecule has 1 saturated heterocycles. The number of hydrogen-bond donors (Lipinski definition) is 2. The molecule has 5 nitrogen and oxygen atoms in total. The zero-order chi connectivity index (χ0) is 21.1. The minimum Gasteiger partial charge on any atom is -0.321 e. The number of nitrogens with zero attached hydrogens (tertiary/aromatic N) is 3. The normalized spacial score (nSPS) is 24.3. The van der Waals surface area contributed by atoms with E-state index in [1.165, 1.54) is 24.0 Å². The minimum atomic E-state index is 0.0209. The van der Waals surface area contributed by atoms with Crippen molar-refractivity contribution in [1.82, 2.24) is 4.90 Å². The molecule has 0 saturated carbocycles. The molecule has 0 amide bonds. The zero-order valence-electron chi connectivity index (χ0n) is 18.5. The van der Waals surface area contributed by atoms with Crippen LogP contribution in [0, 0.1) is 19.8 Å². The van der Waals surface area contributed by atoms with Gasteiger partial charge in [0.05, 0.1) is 11.7 Å². The summed E-state index contributed by atoms with van der Waals surface area (Å²) in [6.07, 6.45) is 7.99. The van der Waals surface area contributed by atoms with Gasteiger partial charge in [0, 0.05) is 6.04 Å². The molecule has 3 unspecified atom stereocenters. The van der Waals surface area contributed by atoms with Crippen LogP contribution in [0.3, 0.4) is 0 Å². The molecule has 0 spiro atoms. The lowest BCUT2D eigenvalue weighted by molar-refractivity contribution is 0.249. The molecule has 1 aliphatic heterocycles. The van der Waals surface area contributed by atoms with Gasteiger partial charge < -0.3 is 5.84 Å². The molecule has 1 heterocycles. The number of hydrogen-bond acceptors (Lipinski definition) is 4. The highest BCUT2D eigenvalue weighted by Gasteiger charge is 2.37. The number of hydrazine groups is 1. The molecule has 0 radical (unpaired) electrons. The Kier molecular flexibility index (Phi) is 6.81. The summed E-state index contributed by atoms with van der Waals surface area (Å²) in [7, 11) is 0. The van der Waals surface area contributed by atoms with Crippen LogP contribution < -0.4 is 16.7 Å². The molecule has 29 heavy (non-hydrogen) atoms.